The van der Waals surface area contributed by atoms with Gasteiger partial charge >= 0.3 is 0 Å². The minimum atomic E-state index is -0.200. The molecule has 0 amide bonds. The van der Waals surface area contributed by atoms with E-state index in [-0.39, 0.29) is 23.0 Å². The van der Waals surface area contributed by atoms with Crippen molar-refractivity contribution < 1.29 is 20.4 Å². The summed E-state index contributed by atoms with van der Waals surface area (Å²) < 4.78 is 0. The molecule has 0 aromatic heterocycles. The molecule has 118 valence electrons. The minimum Gasteiger partial charge on any atom is -0.504 e. The number of phenolic OH excluding ortho intramolecular Hbond substituents is 4. The highest BCUT2D eigenvalue weighted by molar-refractivity contribution is 5.85. The zero-order valence-corrected chi connectivity index (χ0v) is 12.6. The zero-order valence-electron chi connectivity index (χ0n) is 12.6. The van der Waals surface area contributed by atoms with Crippen LogP contribution in [0.3, 0.4) is 0 Å². The third kappa shape index (κ3) is 3.17. The summed E-state index contributed by atoms with van der Waals surface area (Å²) in [4.78, 5) is 0. The van der Waals surface area contributed by atoms with Gasteiger partial charge in [-0.3, -0.25) is 0 Å². The molecule has 0 saturated carbocycles. The number of aromatic hydroxyl groups is 4. The number of hydrogen-bond acceptors (Lipinski definition) is 4. The maximum Gasteiger partial charge on any atom is 0.166 e. The molecular formula is C20H14O4. The van der Waals surface area contributed by atoms with Crippen molar-refractivity contribution in [2.75, 3.05) is 0 Å². The largest absolute Gasteiger partial charge is 0.504 e. The predicted octanol–water partition coefficient (Wildman–Crippen LogP) is 4.10. The quantitative estimate of drug-likeness (QED) is 0.368. The van der Waals surface area contributed by atoms with Crippen LogP contribution in [0.1, 0.15) is 0 Å². The summed E-state index contributed by atoms with van der Waals surface area (Å²) in [5.41, 5.74) is 0. The Hall–Kier alpha value is -3.40. The molecule has 0 fully saturated rings. The van der Waals surface area contributed by atoms with Crippen molar-refractivity contribution in [3.05, 3.63) is 72.8 Å². The molecule has 4 heteroatoms. The average Bonchev–Trinajstić information content (AvgIpc) is 2.57. The Kier molecular flexibility index (Phi) is 4.12. The Morgan fingerprint density at radius 2 is 0.917 bits per heavy atom. The lowest BCUT2D eigenvalue weighted by molar-refractivity contribution is 0.404. The second-order valence-corrected chi connectivity index (χ2v) is 5.18. The van der Waals surface area contributed by atoms with Crippen LogP contribution in [0, 0.1) is 12.1 Å². The van der Waals surface area contributed by atoms with Gasteiger partial charge in [-0.05, 0) is 33.7 Å². The first-order valence-electron chi connectivity index (χ1n) is 7.20. The summed E-state index contributed by atoms with van der Waals surface area (Å²) in [7, 11) is 0. The fourth-order valence-corrected chi connectivity index (χ4v) is 2.29. The average molecular weight is 318 g/mol. The molecule has 0 atom stereocenters. The van der Waals surface area contributed by atoms with Gasteiger partial charge in [0.15, 0.2) is 23.0 Å². The Morgan fingerprint density at radius 3 is 1.33 bits per heavy atom. The fraction of sp³-hybridized carbons (Fsp3) is 0. The number of phenols is 4. The topological polar surface area (TPSA) is 80.9 Å². The van der Waals surface area contributed by atoms with Gasteiger partial charge in [0.05, 0.1) is 0 Å². The SMILES string of the molecule is Oc1[c]c2ccccc2cc1O.Oc1[c]c2ccccc2cc1O. The summed E-state index contributed by atoms with van der Waals surface area (Å²) in [6, 6.07) is 23.2. The van der Waals surface area contributed by atoms with Crippen molar-refractivity contribution in [3.63, 3.8) is 0 Å². The van der Waals surface area contributed by atoms with Crippen LogP contribution in [0.25, 0.3) is 21.5 Å². The lowest BCUT2D eigenvalue weighted by Gasteiger charge is -1.99. The monoisotopic (exact) mass is 318 g/mol. The molecule has 0 aliphatic heterocycles. The van der Waals surface area contributed by atoms with E-state index >= 15 is 0 Å². The van der Waals surface area contributed by atoms with E-state index in [0.717, 1.165) is 21.5 Å². The van der Waals surface area contributed by atoms with E-state index in [4.69, 9.17) is 20.4 Å². The van der Waals surface area contributed by atoms with Gasteiger partial charge in [0, 0.05) is 12.1 Å². The van der Waals surface area contributed by atoms with Crippen LogP contribution >= 0.6 is 0 Å². The van der Waals surface area contributed by atoms with Crippen LogP contribution in [0.4, 0.5) is 0 Å². The Morgan fingerprint density at radius 1 is 0.542 bits per heavy atom. The normalized spacial score (nSPS) is 10.3. The van der Waals surface area contributed by atoms with Gasteiger partial charge in [-0.2, -0.15) is 0 Å². The van der Waals surface area contributed by atoms with Crippen molar-refractivity contribution >= 4 is 21.5 Å². The highest BCUT2D eigenvalue weighted by atomic mass is 16.3. The van der Waals surface area contributed by atoms with E-state index in [1.54, 1.807) is 0 Å². The number of hydrogen-bond donors (Lipinski definition) is 4. The summed E-state index contributed by atoms with van der Waals surface area (Å²) in [5, 5.41) is 39.8. The Bertz CT molecular complexity index is 844. The van der Waals surface area contributed by atoms with Crippen LogP contribution in [-0.2, 0) is 0 Å². The smallest absolute Gasteiger partial charge is 0.166 e. The first kappa shape index (κ1) is 15.5. The summed E-state index contributed by atoms with van der Waals surface area (Å²) >= 11 is 0. The van der Waals surface area contributed by atoms with Gasteiger partial charge in [0.25, 0.3) is 0 Å². The standard InChI is InChI=1S/2C10H7O2/c2*11-9-5-7-3-1-2-4-8(7)6-10(9)12/h2*1-5,11-12H. The van der Waals surface area contributed by atoms with Crippen LogP contribution < -0.4 is 0 Å². The van der Waals surface area contributed by atoms with Crippen molar-refractivity contribution in [1.29, 1.82) is 0 Å². The zero-order chi connectivity index (χ0) is 17.1. The van der Waals surface area contributed by atoms with Gasteiger partial charge in [0.2, 0.25) is 0 Å². The molecule has 0 spiro atoms. The van der Waals surface area contributed by atoms with Crippen molar-refractivity contribution in [2.24, 2.45) is 0 Å². The molecular weight excluding hydrogens is 304 g/mol. The Balaban J connectivity index is 0.000000141. The van der Waals surface area contributed by atoms with E-state index < -0.39 is 0 Å². The molecule has 4 aromatic rings. The maximum atomic E-state index is 9.14. The molecule has 0 bridgehead atoms. The molecule has 4 aromatic carbocycles. The van der Waals surface area contributed by atoms with Crippen LogP contribution in [0.5, 0.6) is 23.0 Å². The van der Waals surface area contributed by atoms with Crippen LogP contribution in [0.2, 0.25) is 0 Å². The molecule has 0 saturated heterocycles. The molecule has 4 rings (SSSR count). The second kappa shape index (κ2) is 6.38. The van der Waals surface area contributed by atoms with E-state index in [2.05, 4.69) is 12.1 Å². The molecule has 0 aliphatic rings. The highest BCUT2D eigenvalue weighted by Gasteiger charge is 2.01. The summed E-state index contributed by atoms with van der Waals surface area (Å²) in [6.45, 7) is 0. The number of fused-ring (bicyclic) bond motifs is 2. The van der Waals surface area contributed by atoms with Gasteiger partial charge < -0.3 is 20.4 Å². The first-order chi connectivity index (χ1) is 11.5. The molecule has 4 nitrogen and oxygen atoms in total. The van der Waals surface area contributed by atoms with Crippen LogP contribution in [0.15, 0.2) is 60.7 Å². The van der Waals surface area contributed by atoms with Gasteiger partial charge in [-0.25, -0.2) is 0 Å². The van der Waals surface area contributed by atoms with E-state index in [1.807, 2.05) is 48.5 Å². The molecule has 2 radical (unpaired) electrons. The second-order valence-electron chi connectivity index (χ2n) is 5.18. The molecule has 0 unspecified atom stereocenters. The summed E-state index contributed by atoms with van der Waals surface area (Å²) in [5.74, 6) is -0.662. The number of benzene rings is 4. The number of rotatable bonds is 0. The molecule has 24 heavy (non-hydrogen) atoms. The van der Waals surface area contributed by atoms with Crippen molar-refractivity contribution in [1.82, 2.24) is 0 Å². The van der Waals surface area contributed by atoms with Crippen LogP contribution in [-0.4, -0.2) is 20.4 Å². The summed E-state index contributed by atoms with van der Waals surface area (Å²) in [6.07, 6.45) is 0. The van der Waals surface area contributed by atoms with Gasteiger partial charge in [0.1, 0.15) is 0 Å². The lowest BCUT2D eigenvalue weighted by Crippen LogP contribution is -1.73. The van der Waals surface area contributed by atoms with Crippen molar-refractivity contribution in [3.8, 4) is 23.0 Å². The Labute approximate surface area is 138 Å². The minimum absolute atomic E-state index is 0.131. The van der Waals surface area contributed by atoms with Crippen molar-refractivity contribution in [2.45, 2.75) is 0 Å². The van der Waals surface area contributed by atoms with E-state index in [0.29, 0.717) is 0 Å². The third-order valence-corrected chi connectivity index (χ3v) is 3.50. The van der Waals surface area contributed by atoms with E-state index in [9.17, 15) is 0 Å². The first-order valence-corrected chi connectivity index (χ1v) is 7.20. The van der Waals surface area contributed by atoms with Gasteiger partial charge in [-0.1, -0.05) is 48.5 Å². The highest BCUT2D eigenvalue weighted by Crippen LogP contribution is 2.29. The third-order valence-electron chi connectivity index (χ3n) is 3.50. The molecule has 0 heterocycles. The lowest BCUT2D eigenvalue weighted by atomic mass is 10.1. The fourth-order valence-electron chi connectivity index (χ4n) is 2.29. The maximum absolute atomic E-state index is 9.14. The van der Waals surface area contributed by atoms with E-state index in [1.165, 1.54) is 12.1 Å². The van der Waals surface area contributed by atoms with Gasteiger partial charge in [-0.15, -0.1) is 0 Å². The molecule has 4 N–H and O–H groups in total. The molecule has 0 aliphatic carbocycles. The predicted molar refractivity (Wildman–Crippen MR) is 92.2 cm³/mol.